The second-order valence-electron chi connectivity index (χ2n) is 8.60. The smallest absolute Gasteiger partial charge is 0.412 e. The first-order valence-electron chi connectivity index (χ1n) is 10.4. The van der Waals surface area contributed by atoms with Gasteiger partial charge >= 0.3 is 12.1 Å². The summed E-state index contributed by atoms with van der Waals surface area (Å²) in [6.07, 6.45) is 0.304. The van der Waals surface area contributed by atoms with Crippen LogP contribution >= 0.6 is 21.0 Å². The second-order valence-corrected chi connectivity index (χ2v) is 10.9. The van der Waals surface area contributed by atoms with Crippen LogP contribution in [0.15, 0.2) is 54.6 Å². The van der Waals surface area contributed by atoms with Crippen molar-refractivity contribution in [2.75, 3.05) is 7.11 Å². The fourth-order valence-corrected chi connectivity index (χ4v) is 5.58. The molecule has 0 saturated carbocycles. The number of nitrogens with zero attached hydrogens (tertiary/aromatic N) is 1. The Hall–Kier alpha value is -2.49. The lowest BCUT2D eigenvalue weighted by Gasteiger charge is -2.36. The Morgan fingerprint density at radius 3 is 2.50 bits per heavy atom. The molecular formula is C24H29IN2O5. The lowest BCUT2D eigenvalue weighted by Crippen LogP contribution is -2.51. The van der Waals surface area contributed by atoms with Gasteiger partial charge in [0, 0.05) is 21.0 Å². The molecule has 1 fully saturated rings. The Bertz CT molecular complexity index is 976. The van der Waals surface area contributed by atoms with E-state index in [4.69, 9.17) is 17.8 Å². The standard InChI is InChI=1S/C24H29IN2O5/c1-23(2,3)32-22(29)27-20(13-14-24(27,25-26)21(28)30-4)18-11-8-12-19(15-18)31-16-17-9-6-5-7-10-17/h5-12,15,20,26H,13-14,16H2,1-4H3/t20-,24+/m1/s1. The number of alkyl halides is 1. The third-order valence-electron chi connectivity index (χ3n) is 5.18. The van der Waals surface area contributed by atoms with Crippen molar-refractivity contribution in [3.8, 4) is 5.75 Å². The van der Waals surface area contributed by atoms with Gasteiger partial charge in [-0.2, -0.15) is 0 Å². The molecule has 0 radical (unpaired) electrons. The molecule has 1 saturated heterocycles. The van der Waals surface area contributed by atoms with Gasteiger partial charge in [-0.3, -0.25) is 8.46 Å². The zero-order valence-corrected chi connectivity index (χ0v) is 20.9. The van der Waals surface area contributed by atoms with Crippen molar-refractivity contribution >= 4 is 33.1 Å². The van der Waals surface area contributed by atoms with Crippen LogP contribution in [-0.4, -0.2) is 33.2 Å². The summed E-state index contributed by atoms with van der Waals surface area (Å²) in [4.78, 5) is 27.4. The lowest BCUT2D eigenvalue weighted by atomic mass is 10.0. The quantitative estimate of drug-likeness (QED) is 0.208. The van der Waals surface area contributed by atoms with Crippen molar-refractivity contribution in [3.05, 3.63) is 65.7 Å². The predicted molar refractivity (Wildman–Crippen MR) is 129 cm³/mol. The van der Waals surface area contributed by atoms with E-state index in [9.17, 15) is 9.59 Å². The Kier molecular flexibility index (Phi) is 7.53. The number of nitrogens with one attached hydrogen (secondary N) is 1. The minimum Gasteiger partial charge on any atom is -0.489 e. The Balaban J connectivity index is 1.91. The average molecular weight is 552 g/mol. The summed E-state index contributed by atoms with van der Waals surface area (Å²) >= 11 is -1.44. The van der Waals surface area contributed by atoms with Crippen LogP contribution in [0.25, 0.3) is 0 Å². The summed E-state index contributed by atoms with van der Waals surface area (Å²) < 4.78 is 23.6. The summed E-state index contributed by atoms with van der Waals surface area (Å²) in [6.45, 7) is 5.77. The van der Waals surface area contributed by atoms with E-state index in [1.54, 1.807) is 20.8 Å². The molecule has 2 aromatic carbocycles. The first-order valence-corrected chi connectivity index (χ1v) is 12.5. The molecule has 8 heteroatoms. The van der Waals surface area contributed by atoms with E-state index in [0.29, 0.717) is 25.2 Å². The van der Waals surface area contributed by atoms with Gasteiger partial charge in [0.2, 0.25) is 3.55 Å². The molecule has 32 heavy (non-hydrogen) atoms. The summed E-state index contributed by atoms with van der Waals surface area (Å²) in [7, 11) is 1.29. The Morgan fingerprint density at radius 2 is 1.88 bits per heavy atom. The SMILES string of the molecule is COC(=O)[C@]1(I=N)CC[C@H](c2cccc(OCc3ccccc3)c2)N1C(=O)OC(C)(C)C. The summed E-state index contributed by atoms with van der Waals surface area (Å²) in [5.74, 6) is 0.122. The molecule has 2 aromatic rings. The van der Waals surface area contributed by atoms with Gasteiger partial charge in [-0.1, -0.05) is 42.5 Å². The number of benzene rings is 2. The number of amides is 1. The van der Waals surface area contributed by atoms with E-state index in [-0.39, 0.29) is 0 Å². The molecule has 0 bridgehead atoms. The molecule has 0 aliphatic carbocycles. The van der Waals surface area contributed by atoms with Crippen LogP contribution in [-0.2, 0) is 20.9 Å². The number of carbonyl (C=O) groups excluding carboxylic acids is 2. The van der Waals surface area contributed by atoms with Gasteiger partial charge < -0.3 is 14.2 Å². The molecule has 1 aliphatic rings. The monoisotopic (exact) mass is 552 g/mol. The number of rotatable bonds is 6. The molecule has 1 heterocycles. The van der Waals surface area contributed by atoms with Crippen molar-refractivity contribution in [1.29, 1.82) is 3.56 Å². The normalized spacial score (nSPS) is 20.6. The lowest BCUT2D eigenvalue weighted by molar-refractivity contribution is -0.147. The van der Waals surface area contributed by atoms with Gasteiger partial charge in [0.1, 0.15) is 18.0 Å². The number of methoxy groups -OCH3 is 1. The predicted octanol–water partition coefficient (Wildman–Crippen LogP) is 5.94. The van der Waals surface area contributed by atoms with Crippen molar-refractivity contribution in [1.82, 2.24) is 4.90 Å². The van der Waals surface area contributed by atoms with Gasteiger partial charge in [0.25, 0.3) is 0 Å². The van der Waals surface area contributed by atoms with E-state index >= 15 is 0 Å². The molecule has 3 rings (SSSR count). The fraction of sp³-hybridized carbons (Fsp3) is 0.417. The number of likely N-dealkylation sites (tertiary alicyclic amines) is 1. The summed E-state index contributed by atoms with van der Waals surface area (Å²) in [6, 6.07) is 17.0. The third-order valence-corrected chi connectivity index (χ3v) is 7.57. The highest BCUT2D eigenvalue weighted by Crippen LogP contribution is 2.50. The number of carbonyl (C=O) groups is 2. The maximum absolute atomic E-state index is 13.2. The van der Waals surface area contributed by atoms with Gasteiger partial charge in [0.15, 0.2) is 0 Å². The Labute approximate surface area is 199 Å². The highest BCUT2D eigenvalue weighted by Gasteiger charge is 2.56. The van der Waals surface area contributed by atoms with Gasteiger partial charge in [-0.15, -0.1) is 0 Å². The largest absolute Gasteiger partial charge is 0.489 e. The van der Waals surface area contributed by atoms with E-state index in [2.05, 4.69) is 0 Å². The molecule has 0 unspecified atom stereocenters. The molecule has 0 spiro atoms. The van der Waals surface area contributed by atoms with Crippen molar-refractivity contribution < 1.29 is 23.8 Å². The molecule has 0 aromatic heterocycles. The number of halogens is 1. The van der Waals surface area contributed by atoms with E-state index in [1.165, 1.54) is 12.0 Å². The molecule has 172 valence electrons. The zero-order chi connectivity index (χ0) is 23.4. The fourth-order valence-electron chi connectivity index (χ4n) is 3.76. The van der Waals surface area contributed by atoms with Crippen LogP contribution in [0.4, 0.5) is 4.79 Å². The van der Waals surface area contributed by atoms with E-state index in [1.807, 2.05) is 54.6 Å². The van der Waals surface area contributed by atoms with Gasteiger partial charge in [-0.05, 0) is 56.9 Å². The number of hydrogen-bond donors (Lipinski definition) is 1. The number of ether oxygens (including phenoxy) is 3. The number of esters is 1. The third kappa shape index (κ3) is 5.28. The van der Waals surface area contributed by atoms with E-state index < -0.39 is 48.3 Å². The molecule has 1 N–H and O–H groups in total. The van der Waals surface area contributed by atoms with Crippen LogP contribution in [0.2, 0.25) is 0 Å². The average Bonchev–Trinajstić information content (AvgIpc) is 3.18. The van der Waals surface area contributed by atoms with Gasteiger partial charge in [0.05, 0.1) is 13.2 Å². The summed E-state index contributed by atoms with van der Waals surface area (Å²) in [5, 5.41) is 0. The molecule has 1 amide bonds. The number of hydrogen-bond acceptors (Lipinski definition) is 6. The first kappa shape index (κ1) is 24.2. The summed E-state index contributed by atoms with van der Waals surface area (Å²) in [5.41, 5.74) is 1.16. The van der Waals surface area contributed by atoms with Crippen LogP contribution in [0, 0.1) is 3.56 Å². The van der Waals surface area contributed by atoms with Crippen molar-refractivity contribution in [2.24, 2.45) is 0 Å². The maximum Gasteiger partial charge on any atom is 0.412 e. The molecule has 1 aliphatic heterocycles. The molecular weight excluding hydrogens is 523 g/mol. The van der Waals surface area contributed by atoms with Gasteiger partial charge in [-0.25, -0.2) is 9.59 Å². The van der Waals surface area contributed by atoms with Crippen molar-refractivity contribution in [2.45, 2.75) is 55.4 Å². The maximum atomic E-state index is 13.2. The van der Waals surface area contributed by atoms with Crippen LogP contribution < -0.4 is 4.74 Å². The van der Waals surface area contributed by atoms with Crippen molar-refractivity contribution in [3.63, 3.8) is 0 Å². The highest BCUT2D eigenvalue weighted by molar-refractivity contribution is 14.2. The van der Waals surface area contributed by atoms with Crippen LogP contribution in [0.5, 0.6) is 5.75 Å². The Morgan fingerprint density at radius 1 is 1.16 bits per heavy atom. The second kappa shape index (κ2) is 9.97. The minimum atomic E-state index is -1.44. The first-order chi connectivity index (χ1) is 15.2. The van der Waals surface area contributed by atoms with Crippen LogP contribution in [0.1, 0.15) is 50.8 Å². The minimum absolute atomic E-state index is 0.370. The zero-order valence-electron chi connectivity index (χ0n) is 18.8. The highest BCUT2D eigenvalue weighted by atomic mass is 127. The topological polar surface area (TPSA) is 88.9 Å². The van der Waals surface area contributed by atoms with Crippen LogP contribution in [0.3, 0.4) is 0 Å². The molecule has 7 nitrogen and oxygen atoms in total. The van der Waals surface area contributed by atoms with E-state index in [0.717, 1.165) is 11.1 Å². The molecule has 2 atom stereocenters.